The molecule has 1 aromatic rings. The predicted octanol–water partition coefficient (Wildman–Crippen LogP) is 2.47. The van der Waals surface area contributed by atoms with Crippen LogP contribution in [0, 0.1) is 6.92 Å². The highest BCUT2D eigenvalue weighted by atomic mass is 16.5. The highest BCUT2D eigenvalue weighted by Crippen LogP contribution is 2.33. The molecule has 1 fully saturated rings. The molecule has 0 heterocycles. The summed E-state index contributed by atoms with van der Waals surface area (Å²) in [5.41, 5.74) is 8.08. The van der Waals surface area contributed by atoms with Gasteiger partial charge in [0, 0.05) is 11.4 Å². The van der Waals surface area contributed by atoms with Gasteiger partial charge in [0.05, 0.1) is 24.8 Å². The van der Waals surface area contributed by atoms with E-state index in [-0.39, 0.29) is 12.1 Å². The van der Waals surface area contributed by atoms with Crippen LogP contribution >= 0.6 is 0 Å². The average molecular weight is 292 g/mol. The average Bonchev–Trinajstić information content (AvgIpc) is 2.51. The lowest BCUT2D eigenvalue weighted by Gasteiger charge is -2.37. The molecule has 2 rings (SSSR count). The van der Waals surface area contributed by atoms with Crippen LogP contribution in [0.1, 0.15) is 48.0 Å². The van der Waals surface area contributed by atoms with Crippen LogP contribution in [-0.4, -0.2) is 30.3 Å². The summed E-state index contributed by atoms with van der Waals surface area (Å²) < 4.78 is 4.77. The zero-order valence-electron chi connectivity index (χ0n) is 12.7. The van der Waals surface area contributed by atoms with Crippen LogP contribution in [0.5, 0.6) is 0 Å². The second-order valence-electron chi connectivity index (χ2n) is 5.87. The summed E-state index contributed by atoms with van der Waals surface area (Å²) in [5, 5.41) is 13.2. The van der Waals surface area contributed by atoms with Gasteiger partial charge in [0.25, 0.3) is 0 Å². The van der Waals surface area contributed by atoms with Gasteiger partial charge in [0.15, 0.2) is 0 Å². The standard InChI is InChI=1S/C16H24N2O3/c1-11-8-12(9-13(14(11)17)15(20)21-2)18-16(10-19)6-4-3-5-7-16/h8-9,18-19H,3-7,10,17H2,1-2H3. The van der Waals surface area contributed by atoms with Crippen LogP contribution in [-0.2, 0) is 4.74 Å². The summed E-state index contributed by atoms with van der Waals surface area (Å²) in [5.74, 6) is -0.444. The molecule has 0 amide bonds. The first kappa shape index (κ1) is 15.6. The summed E-state index contributed by atoms with van der Waals surface area (Å²) in [6, 6.07) is 3.62. The van der Waals surface area contributed by atoms with E-state index in [0.29, 0.717) is 11.3 Å². The molecule has 0 spiro atoms. The first-order chi connectivity index (χ1) is 10.0. The largest absolute Gasteiger partial charge is 0.465 e. The Balaban J connectivity index is 2.31. The fraction of sp³-hybridized carbons (Fsp3) is 0.562. The predicted molar refractivity (Wildman–Crippen MR) is 83.5 cm³/mol. The van der Waals surface area contributed by atoms with E-state index in [0.717, 1.165) is 36.9 Å². The number of ether oxygens (including phenoxy) is 1. The Labute approximate surface area is 125 Å². The maximum absolute atomic E-state index is 11.8. The fourth-order valence-electron chi connectivity index (χ4n) is 3.01. The quantitative estimate of drug-likeness (QED) is 0.586. The summed E-state index contributed by atoms with van der Waals surface area (Å²) in [7, 11) is 1.34. The monoisotopic (exact) mass is 292 g/mol. The molecule has 21 heavy (non-hydrogen) atoms. The van der Waals surface area contributed by atoms with Gasteiger partial charge >= 0.3 is 5.97 Å². The van der Waals surface area contributed by atoms with Crippen molar-refractivity contribution >= 4 is 17.3 Å². The lowest BCUT2D eigenvalue weighted by Crippen LogP contribution is -2.43. The molecule has 5 nitrogen and oxygen atoms in total. The smallest absolute Gasteiger partial charge is 0.340 e. The molecular weight excluding hydrogens is 268 g/mol. The second-order valence-corrected chi connectivity index (χ2v) is 5.87. The minimum atomic E-state index is -0.444. The number of methoxy groups -OCH3 is 1. The maximum Gasteiger partial charge on any atom is 0.340 e. The molecule has 0 bridgehead atoms. The fourth-order valence-corrected chi connectivity index (χ4v) is 3.01. The highest BCUT2D eigenvalue weighted by molar-refractivity contribution is 5.97. The van der Waals surface area contributed by atoms with Crippen molar-refractivity contribution in [2.75, 3.05) is 24.8 Å². The van der Waals surface area contributed by atoms with E-state index in [4.69, 9.17) is 10.5 Å². The van der Waals surface area contributed by atoms with Gasteiger partial charge in [-0.25, -0.2) is 4.79 Å². The van der Waals surface area contributed by atoms with E-state index in [9.17, 15) is 9.90 Å². The molecule has 0 radical (unpaired) electrons. The number of hydrogen-bond donors (Lipinski definition) is 3. The number of carbonyl (C=O) groups excluding carboxylic acids is 1. The van der Waals surface area contributed by atoms with Crippen LogP contribution in [0.2, 0.25) is 0 Å². The molecule has 116 valence electrons. The van der Waals surface area contributed by atoms with Crippen LogP contribution in [0.3, 0.4) is 0 Å². The molecule has 0 atom stereocenters. The highest BCUT2D eigenvalue weighted by Gasteiger charge is 2.31. The normalized spacial score (nSPS) is 17.3. The van der Waals surface area contributed by atoms with Gasteiger partial charge in [0.1, 0.15) is 0 Å². The Bertz CT molecular complexity index is 522. The number of aliphatic hydroxyl groups excluding tert-OH is 1. The minimum Gasteiger partial charge on any atom is -0.465 e. The number of benzene rings is 1. The number of esters is 1. The maximum atomic E-state index is 11.8. The van der Waals surface area contributed by atoms with Crippen LogP contribution in [0.25, 0.3) is 0 Å². The van der Waals surface area contributed by atoms with Gasteiger partial charge in [0.2, 0.25) is 0 Å². The van der Waals surface area contributed by atoms with Gasteiger partial charge in [-0.3, -0.25) is 0 Å². The topological polar surface area (TPSA) is 84.6 Å². The van der Waals surface area contributed by atoms with E-state index in [1.54, 1.807) is 6.07 Å². The minimum absolute atomic E-state index is 0.0873. The molecule has 1 saturated carbocycles. The number of anilines is 2. The third kappa shape index (κ3) is 3.29. The first-order valence-electron chi connectivity index (χ1n) is 7.39. The number of aryl methyl sites for hydroxylation is 1. The van der Waals surface area contributed by atoms with Gasteiger partial charge in [-0.05, 0) is 37.5 Å². The Hall–Kier alpha value is -1.75. The molecule has 5 heteroatoms. The lowest BCUT2D eigenvalue weighted by molar-refractivity contribution is 0.0602. The molecule has 0 unspecified atom stereocenters. The van der Waals surface area contributed by atoms with E-state index in [1.807, 2.05) is 13.0 Å². The molecule has 1 aliphatic carbocycles. The Kier molecular flexibility index (Phi) is 4.73. The molecule has 0 aliphatic heterocycles. The molecule has 0 aromatic heterocycles. The van der Waals surface area contributed by atoms with Crippen LogP contribution in [0.15, 0.2) is 12.1 Å². The number of aliphatic hydroxyl groups is 1. The zero-order chi connectivity index (χ0) is 15.5. The summed E-state index contributed by atoms with van der Waals surface area (Å²) in [6.45, 7) is 1.95. The number of carbonyl (C=O) groups is 1. The van der Waals surface area contributed by atoms with Crippen molar-refractivity contribution in [2.24, 2.45) is 0 Å². The van der Waals surface area contributed by atoms with E-state index in [2.05, 4.69) is 5.32 Å². The molecular formula is C16H24N2O3. The Morgan fingerprint density at radius 1 is 1.38 bits per heavy atom. The number of nitrogens with one attached hydrogen (secondary N) is 1. The second kappa shape index (κ2) is 6.35. The van der Waals surface area contributed by atoms with Crippen LogP contribution < -0.4 is 11.1 Å². The number of hydrogen-bond acceptors (Lipinski definition) is 5. The van der Waals surface area contributed by atoms with Crippen LogP contribution in [0.4, 0.5) is 11.4 Å². The lowest BCUT2D eigenvalue weighted by atomic mass is 9.82. The molecule has 4 N–H and O–H groups in total. The third-order valence-corrected chi connectivity index (χ3v) is 4.31. The van der Waals surface area contributed by atoms with E-state index >= 15 is 0 Å². The van der Waals surface area contributed by atoms with Crippen molar-refractivity contribution in [3.05, 3.63) is 23.3 Å². The Morgan fingerprint density at radius 2 is 2.05 bits per heavy atom. The number of nitrogens with two attached hydrogens (primary N) is 1. The van der Waals surface area contributed by atoms with Gasteiger partial charge in [-0.1, -0.05) is 19.3 Å². The molecule has 0 saturated heterocycles. The molecule has 1 aromatic carbocycles. The van der Waals surface area contributed by atoms with E-state index in [1.165, 1.54) is 13.5 Å². The number of nitrogen functional groups attached to an aromatic ring is 1. The van der Waals surface area contributed by atoms with E-state index < -0.39 is 5.97 Å². The van der Waals surface area contributed by atoms with Gasteiger partial charge < -0.3 is 20.9 Å². The van der Waals surface area contributed by atoms with Crippen molar-refractivity contribution in [3.8, 4) is 0 Å². The van der Waals surface area contributed by atoms with Crippen molar-refractivity contribution < 1.29 is 14.6 Å². The molecule has 1 aliphatic rings. The summed E-state index contributed by atoms with van der Waals surface area (Å²) in [6.07, 6.45) is 5.27. The van der Waals surface area contributed by atoms with Gasteiger partial charge in [-0.2, -0.15) is 0 Å². The summed E-state index contributed by atoms with van der Waals surface area (Å²) in [4.78, 5) is 11.8. The first-order valence-corrected chi connectivity index (χ1v) is 7.39. The van der Waals surface area contributed by atoms with Crippen molar-refractivity contribution in [3.63, 3.8) is 0 Å². The van der Waals surface area contributed by atoms with Crippen molar-refractivity contribution in [1.29, 1.82) is 0 Å². The number of rotatable bonds is 4. The van der Waals surface area contributed by atoms with Crippen molar-refractivity contribution in [2.45, 2.75) is 44.6 Å². The zero-order valence-corrected chi connectivity index (χ0v) is 12.7. The van der Waals surface area contributed by atoms with Gasteiger partial charge in [-0.15, -0.1) is 0 Å². The summed E-state index contributed by atoms with van der Waals surface area (Å²) >= 11 is 0. The van der Waals surface area contributed by atoms with Crippen molar-refractivity contribution in [1.82, 2.24) is 0 Å². The third-order valence-electron chi connectivity index (χ3n) is 4.31. The Morgan fingerprint density at radius 3 is 2.62 bits per heavy atom. The SMILES string of the molecule is COC(=O)c1cc(NC2(CO)CCCCC2)cc(C)c1N.